The Kier molecular flexibility index (Phi) is 3.29. The minimum absolute atomic E-state index is 0.0730. The largest absolute Gasteiger partial charge is 0.504 e. The first-order chi connectivity index (χ1) is 7.72. The predicted octanol–water partition coefficient (Wildman–Crippen LogP) is 1.83. The maximum Gasteiger partial charge on any atom is 0.163 e. The van der Waals surface area contributed by atoms with Gasteiger partial charge in [0.1, 0.15) is 5.82 Å². The van der Waals surface area contributed by atoms with Crippen LogP contribution < -0.4 is 10.1 Å². The van der Waals surface area contributed by atoms with E-state index in [0.717, 1.165) is 19.4 Å². The lowest BCUT2D eigenvalue weighted by Crippen LogP contribution is -2.24. The van der Waals surface area contributed by atoms with Gasteiger partial charge in [-0.1, -0.05) is 0 Å². The number of halogens is 1. The molecular formula is C12H16FNO2. The Balaban J connectivity index is 2.23. The van der Waals surface area contributed by atoms with E-state index < -0.39 is 0 Å². The van der Waals surface area contributed by atoms with E-state index in [4.69, 9.17) is 4.74 Å². The predicted molar refractivity (Wildman–Crippen MR) is 59.3 cm³/mol. The molecule has 1 aromatic rings. The normalized spacial score (nSPS) is 20.0. The molecule has 4 heteroatoms. The lowest BCUT2D eigenvalue weighted by Gasteiger charge is -2.14. The van der Waals surface area contributed by atoms with Crippen LogP contribution in [0.15, 0.2) is 12.1 Å². The Morgan fingerprint density at radius 1 is 1.56 bits per heavy atom. The lowest BCUT2D eigenvalue weighted by atomic mass is 10.0. The number of phenols is 1. The van der Waals surface area contributed by atoms with Gasteiger partial charge < -0.3 is 15.2 Å². The minimum atomic E-state index is -0.369. The number of ether oxygens (including phenoxy) is 1. The van der Waals surface area contributed by atoms with Crippen molar-refractivity contribution < 1.29 is 14.2 Å². The molecule has 1 aromatic carbocycles. The van der Waals surface area contributed by atoms with Gasteiger partial charge in [-0.3, -0.25) is 0 Å². The smallest absolute Gasteiger partial charge is 0.163 e. The van der Waals surface area contributed by atoms with Crippen LogP contribution in [0.5, 0.6) is 11.5 Å². The highest BCUT2D eigenvalue weighted by Crippen LogP contribution is 2.33. The molecule has 88 valence electrons. The van der Waals surface area contributed by atoms with Gasteiger partial charge in [-0.05, 0) is 37.9 Å². The molecule has 1 heterocycles. The second kappa shape index (κ2) is 4.70. The summed E-state index contributed by atoms with van der Waals surface area (Å²) in [6.45, 7) is 0.969. The summed E-state index contributed by atoms with van der Waals surface area (Å²) in [6.07, 6.45) is 2.64. The highest BCUT2D eigenvalue weighted by atomic mass is 19.1. The molecular weight excluding hydrogens is 209 g/mol. The molecule has 2 N–H and O–H groups in total. The molecule has 1 unspecified atom stereocenters. The summed E-state index contributed by atoms with van der Waals surface area (Å²) < 4.78 is 18.5. The Morgan fingerprint density at radius 3 is 3.00 bits per heavy atom. The fraction of sp³-hybridized carbons (Fsp3) is 0.500. The molecule has 0 bridgehead atoms. The Labute approximate surface area is 94.2 Å². The number of hydrogen-bond donors (Lipinski definition) is 2. The number of hydrogen-bond acceptors (Lipinski definition) is 3. The molecule has 0 aromatic heterocycles. The Hall–Kier alpha value is -1.29. The van der Waals surface area contributed by atoms with Crippen LogP contribution >= 0.6 is 0 Å². The van der Waals surface area contributed by atoms with Gasteiger partial charge >= 0.3 is 0 Å². The zero-order valence-electron chi connectivity index (χ0n) is 9.29. The maximum atomic E-state index is 13.6. The summed E-state index contributed by atoms with van der Waals surface area (Å²) >= 11 is 0. The van der Waals surface area contributed by atoms with Gasteiger partial charge in [0.15, 0.2) is 11.5 Å². The summed E-state index contributed by atoms with van der Waals surface area (Å²) in [7, 11) is 1.46. The van der Waals surface area contributed by atoms with E-state index in [1.165, 1.54) is 19.2 Å². The topological polar surface area (TPSA) is 41.5 Å². The van der Waals surface area contributed by atoms with E-state index in [1.54, 1.807) is 0 Å². The molecule has 1 aliphatic heterocycles. The summed E-state index contributed by atoms with van der Waals surface area (Å²) in [6, 6.07) is 3.03. The van der Waals surface area contributed by atoms with Crippen LogP contribution in [0.3, 0.4) is 0 Å². The van der Waals surface area contributed by atoms with E-state index in [-0.39, 0.29) is 17.6 Å². The van der Waals surface area contributed by atoms with Crippen LogP contribution in [0.25, 0.3) is 0 Å². The van der Waals surface area contributed by atoms with E-state index >= 15 is 0 Å². The van der Waals surface area contributed by atoms with Crippen molar-refractivity contribution in [1.29, 1.82) is 0 Å². The number of methoxy groups -OCH3 is 1. The van der Waals surface area contributed by atoms with Crippen molar-refractivity contribution in [1.82, 2.24) is 5.32 Å². The number of aromatic hydroxyl groups is 1. The van der Waals surface area contributed by atoms with Crippen molar-refractivity contribution in [2.45, 2.75) is 25.3 Å². The van der Waals surface area contributed by atoms with Gasteiger partial charge in [0.05, 0.1) is 7.11 Å². The van der Waals surface area contributed by atoms with Crippen molar-refractivity contribution >= 4 is 0 Å². The van der Waals surface area contributed by atoms with Crippen LogP contribution in [0.1, 0.15) is 18.4 Å². The molecule has 1 fully saturated rings. The number of rotatable bonds is 3. The highest BCUT2D eigenvalue weighted by Gasteiger charge is 2.20. The van der Waals surface area contributed by atoms with Crippen LogP contribution in [-0.2, 0) is 6.42 Å². The fourth-order valence-corrected chi connectivity index (χ4v) is 2.13. The summed E-state index contributed by atoms with van der Waals surface area (Å²) in [5, 5.41) is 13.1. The van der Waals surface area contributed by atoms with Crippen LogP contribution in [0.4, 0.5) is 4.39 Å². The zero-order valence-corrected chi connectivity index (χ0v) is 9.29. The van der Waals surface area contributed by atoms with Crippen molar-refractivity contribution in [2.24, 2.45) is 0 Å². The first-order valence-corrected chi connectivity index (χ1v) is 5.50. The van der Waals surface area contributed by atoms with Gasteiger partial charge in [-0.2, -0.15) is 0 Å². The van der Waals surface area contributed by atoms with Crippen molar-refractivity contribution in [3.8, 4) is 11.5 Å². The highest BCUT2D eigenvalue weighted by molar-refractivity contribution is 5.46. The monoisotopic (exact) mass is 225 g/mol. The summed E-state index contributed by atoms with van der Waals surface area (Å²) in [4.78, 5) is 0. The van der Waals surface area contributed by atoms with Crippen molar-refractivity contribution in [3.05, 3.63) is 23.5 Å². The quantitative estimate of drug-likeness (QED) is 0.824. The average Bonchev–Trinajstić information content (AvgIpc) is 2.77. The lowest BCUT2D eigenvalue weighted by molar-refractivity contribution is 0.365. The third-order valence-corrected chi connectivity index (χ3v) is 3.02. The van der Waals surface area contributed by atoms with Gasteiger partial charge in [-0.15, -0.1) is 0 Å². The first-order valence-electron chi connectivity index (χ1n) is 5.50. The van der Waals surface area contributed by atoms with Crippen LogP contribution in [-0.4, -0.2) is 24.8 Å². The fourth-order valence-electron chi connectivity index (χ4n) is 2.13. The molecule has 0 radical (unpaired) electrons. The second-order valence-corrected chi connectivity index (χ2v) is 4.07. The third-order valence-electron chi connectivity index (χ3n) is 3.02. The van der Waals surface area contributed by atoms with E-state index in [9.17, 15) is 9.50 Å². The number of benzene rings is 1. The Morgan fingerprint density at radius 2 is 2.38 bits per heavy atom. The van der Waals surface area contributed by atoms with Gasteiger partial charge in [-0.25, -0.2) is 4.39 Å². The molecule has 0 aliphatic carbocycles. The van der Waals surface area contributed by atoms with Crippen molar-refractivity contribution in [2.75, 3.05) is 13.7 Å². The Bertz CT molecular complexity index is 376. The molecule has 0 saturated carbocycles. The molecule has 3 nitrogen and oxygen atoms in total. The second-order valence-electron chi connectivity index (χ2n) is 4.07. The van der Waals surface area contributed by atoms with E-state index in [0.29, 0.717) is 17.7 Å². The van der Waals surface area contributed by atoms with Gasteiger partial charge in [0.25, 0.3) is 0 Å². The molecule has 1 saturated heterocycles. The molecule has 0 spiro atoms. The van der Waals surface area contributed by atoms with E-state index in [1.807, 2.05) is 0 Å². The molecule has 2 rings (SSSR count). The summed E-state index contributed by atoms with van der Waals surface area (Å²) in [5.74, 6) is -0.113. The third kappa shape index (κ3) is 2.11. The average molecular weight is 225 g/mol. The molecule has 16 heavy (non-hydrogen) atoms. The maximum absolute atomic E-state index is 13.6. The first kappa shape index (κ1) is 11.2. The van der Waals surface area contributed by atoms with Crippen LogP contribution in [0, 0.1) is 5.82 Å². The number of nitrogens with one attached hydrogen (secondary N) is 1. The van der Waals surface area contributed by atoms with Gasteiger partial charge in [0, 0.05) is 11.6 Å². The number of phenolic OH excluding ortho intramolecular Hbond substituents is 1. The summed E-state index contributed by atoms with van der Waals surface area (Å²) in [5.41, 5.74) is 0.346. The van der Waals surface area contributed by atoms with Crippen LogP contribution in [0.2, 0.25) is 0 Å². The van der Waals surface area contributed by atoms with Crippen molar-refractivity contribution in [3.63, 3.8) is 0 Å². The SMILES string of the molecule is COc1ccc(F)c(CC2CCCN2)c1O. The molecule has 1 atom stereocenters. The standard InChI is InChI=1S/C12H16FNO2/c1-16-11-5-4-10(13)9(12(11)15)7-8-3-2-6-14-8/h4-5,8,14-15H,2-3,6-7H2,1H3. The minimum Gasteiger partial charge on any atom is -0.504 e. The molecule has 1 aliphatic rings. The van der Waals surface area contributed by atoms with Gasteiger partial charge in [0.2, 0.25) is 0 Å². The zero-order chi connectivity index (χ0) is 11.5. The molecule has 0 amide bonds. The van der Waals surface area contributed by atoms with E-state index in [2.05, 4.69) is 5.32 Å².